The Labute approximate surface area is 114 Å². The number of carbonyl (C=O) groups excluding carboxylic acids is 2. The molecule has 0 aliphatic rings. The van der Waals surface area contributed by atoms with Crippen LogP contribution in [0.3, 0.4) is 0 Å². The van der Waals surface area contributed by atoms with Crippen molar-refractivity contribution in [2.24, 2.45) is 0 Å². The molecule has 102 valence electrons. The van der Waals surface area contributed by atoms with Gasteiger partial charge < -0.3 is 10.2 Å². The van der Waals surface area contributed by atoms with Crippen molar-refractivity contribution in [3.8, 4) is 11.5 Å². The van der Waals surface area contributed by atoms with Gasteiger partial charge in [-0.3, -0.25) is 20.4 Å². The van der Waals surface area contributed by atoms with Crippen molar-refractivity contribution in [2.45, 2.75) is 0 Å². The number of rotatable bonds is 2. The van der Waals surface area contributed by atoms with E-state index in [1.54, 1.807) is 0 Å². The summed E-state index contributed by atoms with van der Waals surface area (Å²) < 4.78 is 0. The SMILES string of the molecule is O=C(NNC(=O)c1cccc(O)c1)c1cccc(O)c1. The molecule has 0 heterocycles. The van der Waals surface area contributed by atoms with Crippen LogP contribution >= 0.6 is 0 Å². The van der Waals surface area contributed by atoms with Gasteiger partial charge in [0.1, 0.15) is 11.5 Å². The monoisotopic (exact) mass is 272 g/mol. The molecule has 0 aliphatic carbocycles. The van der Waals surface area contributed by atoms with Gasteiger partial charge in [0, 0.05) is 11.1 Å². The average Bonchev–Trinajstić information content (AvgIpc) is 2.44. The van der Waals surface area contributed by atoms with E-state index < -0.39 is 11.8 Å². The first-order valence-electron chi connectivity index (χ1n) is 5.75. The molecule has 2 aromatic carbocycles. The van der Waals surface area contributed by atoms with Gasteiger partial charge in [0.25, 0.3) is 11.8 Å². The lowest BCUT2D eigenvalue weighted by Crippen LogP contribution is -2.41. The van der Waals surface area contributed by atoms with E-state index in [9.17, 15) is 19.8 Å². The molecule has 0 aliphatic heterocycles. The quantitative estimate of drug-likeness (QED) is 0.617. The number of aromatic hydroxyl groups is 2. The van der Waals surface area contributed by atoms with E-state index in [0.29, 0.717) is 0 Å². The molecule has 4 N–H and O–H groups in total. The van der Waals surface area contributed by atoms with Crippen LogP contribution in [0, 0.1) is 0 Å². The van der Waals surface area contributed by atoms with Gasteiger partial charge in [-0.1, -0.05) is 12.1 Å². The van der Waals surface area contributed by atoms with Crippen LogP contribution in [-0.2, 0) is 0 Å². The zero-order chi connectivity index (χ0) is 14.5. The minimum Gasteiger partial charge on any atom is -0.508 e. The smallest absolute Gasteiger partial charge is 0.269 e. The maximum absolute atomic E-state index is 11.7. The van der Waals surface area contributed by atoms with Crippen LogP contribution in [0.15, 0.2) is 48.5 Å². The van der Waals surface area contributed by atoms with Crippen LogP contribution in [0.25, 0.3) is 0 Å². The lowest BCUT2D eigenvalue weighted by molar-refractivity contribution is 0.0846. The zero-order valence-corrected chi connectivity index (χ0v) is 10.3. The first-order valence-corrected chi connectivity index (χ1v) is 5.75. The fourth-order valence-electron chi connectivity index (χ4n) is 1.55. The summed E-state index contributed by atoms with van der Waals surface area (Å²) in [5.74, 6) is -1.21. The molecular weight excluding hydrogens is 260 g/mol. The van der Waals surface area contributed by atoms with Gasteiger partial charge in [-0.15, -0.1) is 0 Å². The van der Waals surface area contributed by atoms with Crippen molar-refractivity contribution in [1.82, 2.24) is 10.9 Å². The maximum atomic E-state index is 11.7. The standard InChI is InChI=1S/C14H12N2O4/c17-11-5-1-3-9(7-11)13(19)15-16-14(20)10-4-2-6-12(18)8-10/h1-8,17-18H,(H,15,19)(H,16,20). The average molecular weight is 272 g/mol. The molecule has 0 atom stereocenters. The van der Waals surface area contributed by atoms with Crippen molar-refractivity contribution in [3.63, 3.8) is 0 Å². The number of amides is 2. The molecule has 0 saturated carbocycles. The predicted molar refractivity (Wildman–Crippen MR) is 71.1 cm³/mol. The van der Waals surface area contributed by atoms with E-state index >= 15 is 0 Å². The topological polar surface area (TPSA) is 98.7 Å². The molecule has 0 saturated heterocycles. The largest absolute Gasteiger partial charge is 0.508 e. The Kier molecular flexibility index (Phi) is 3.85. The second-order valence-electron chi connectivity index (χ2n) is 4.01. The molecule has 0 radical (unpaired) electrons. The minimum absolute atomic E-state index is 0.0445. The minimum atomic E-state index is -0.561. The van der Waals surface area contributed by atoms with Crippen molar-refractivity contribution in [2.75, 3.05) is 0 Å². The van der Waals surface area contributed by atoms with Crippen LogP contribution in [0.2, 0.25) is 0 Å². The van der Waals surface area contributed by atoms with Crippen molar-refractivity contribution in [3.05, 3.63) is 59.7 Å². The van der Waals surface area contributed by atoms with Gasteiger partial charge in [0.15, 0.2) is 0 Å². The number of hydrogen-bond acceptors (Lipinski definition) is 4. The first kappa shape index (κ1) is 13.4. The Morgan fingerprint density at radius 1 is 0.750 bits per heavy atom. The highest BCUT2D eigenvalue weighted by Crippen LogP contribution is 2.11. The maximum Gasteiger partial charge on any atom is 0.269 e. The predicted octanol–water partition coefficient (Wildman–Crippen LogP) is 1.17. The van der Waals surface area contributed by atoms with E-state index in [2.05, 4.69) is 10.9 Å². The Morgan fingerprint density at radius 2 is 1.15 bits per heavy atom. The van der Waals surface area contributed by atoms with Crippen LogP contribution in [0.5, 0.6) is 11.5 Å². The number of phenols is 2. The zero-order valence-electron chi connectivity index (χ0n) is 10.3. The van der Waals surface area contributed by atoms with Crippen molar-refractivity contribution >= 4 is 11.8 Å². The molecule has 6 heteroatoms. The second-order valence-corrected chi connectivity index (χ2v) is 4.01. The van der Waals surface area contributed by atoms with Gasteiger partial charge in [0.05, 0.1) is 0 Å². The molecule has 0 bridgehead atoms. The van der Waals surface area contributed by atoms with E-state index in [0.717, 1.165) is 0 Å². The Bertz CT molecular complexity index is 598. The summed E-state index contributed by atoms with van der Waals surface area (Å²) in [5, 5.41) is 18.5. The molecule has 0 aromatic heterocycles. The molecular formula is C14H12N2O4. The summed E-state index contributed by atoms with van der Waals surface area (Å²) in [7, 11) is 0. The van der Waals surface area contributed by atoms with Crippen molar-refractivity contribution < 1.29 is 19.8 Å². The molecule has 2 aromatic rings. The fraction of sp³-hybridized carbons (Fsp3) is 0. The Balaban J connectivity index is 1.98. The Hall–Kier alpha value is -3.02. The highest BCUT2D eigenvalue weighted by atomic mass is 16.3. The normalized spacial score (nSPS) is 9.80. The molecule has 0 fully saturated rings. The number of carbonyl (C=O) groups is 2. The van der Waals surface area contributed by atoms with E-state index in [-0.39, 0.29) is 22.6 Å². The summed E-state index contributed by atoms with van der Waals surface area (Å²) in [6, 6.07) is 11.4. The summed E-state index contributed by atoms with van der Waals surface area (Å²) in [5.41, 5.74) is 4.84. The third-order valence-electron chi connectivity index (χ3n) is 2.51. The highest BCUT2D eigenvalue weighted by Gasteiger charge is 2.09. The van der Waals surface area contributed by atoms with Crippen LogP contribution < -0.4 is 10.9 Å². The Morgan fingerprint density at radius 3 is 1.50 bits per heavy atom. The number of phenolic OH excluding ortho intramolecular Hbond substituents is 2. The van der Waals surface area contributed by atoms with Gasteiger partial charge >= 0.3 is 0 Å². The van der Waals surface area contributed by atoms with E-state index in [1.807, 2.05) is 0 Å². The number of nitrogens with one attached hydrogen (secondary N) is 2. The summed E-state index contributed by atoms with van der Waals surface area (Å²) in [6.45, 7) is 0. The first-order chi connectivity index (χ1) is 9.56. The summed E-state index contributed by atoms with van der Waals surface area (Å²) in [6.07, 6.45) is 0. The molecule has 2 amide bonds. The molecule has 20 heavy (non-hydrogen) atoms. The number of hydrogen-bond donors (Lipinski definition) is 4. The van der Waals surface area contributed by atoms with E-state index in [4.69, 9.17) is 0 Å². The summed E-state index contributed by atoms with van der Waals surface area (Å²) >= 11 is 0. The number of hydrazine groups is 1. The van der Waals surface area contributed by atoms with Gasteiger partial charge in [-0.05, 0) is 36.4 Å². The van der Waals surface area contributed by atoms with Crippen LogP contribution in [0.1, 0.15) is 20.7 Å². The molecule has 0 unspecified atom stereocenters. The third kappa shape index (κ3) is 3.26. The summed E-state index contributed by atoms with van der Waals surface area (Å²) in [4.78, 5) is 23.4. The van der Waals surface area contributed by atoms with Crippen LogP contribution in [-0.4, -0.2) is 22.0 Å². The van der Waals surface area contributed by atoms with E-state index in [1.165, 1.54) is 48.5 Å². The lowest BCUT2D eigenvalue weighted by Gasteiger charge is -2.07. The number of benzene rings is 2. The van der Waals surface area contributed by atoms with Crippen LogP contribution in [0.4, 0.5) is 0 Å². The molecule has 2 rings (SSSR count). The lowest BCUT2D eigenvalue weighted by atomic mass is 10.2. The van der Waals surface area contributed by atoms with Crippen molar-refractivity contribution in [1.29, 1.82) is 0 Å². The highest BCUT2D eigenvalue weighted by molar-refractivity contribution is 5.99. The van der Waals surface area contributed by atoms with Gasteiger partial charge in [-0.2, -0.15) is 0 Å². The fourth-order valence-corrected chi connectivity index (χ4v) is 1.55. The molecule has 0 spiro atoms. The third-order valence-corrected chi connectivity index (χ3v) is 2.51. The van der Waals surface area contributed by atoms with Gasteiger partial charge in [-0.25, -0.2) is 0 Å². The van der Waals surface area contributed by atoms with Gasteiger partial charge in [0.2, 0.25) is 0 Å². The molecule has 6 nitrogen and oxygen atoms in total. The second kappa shape index (κ2) is 5.75.